The van der Waals surface area contributed by atoms with E-state index in [9.17, 15) is 0 Å². The predicted octanol–water partition coefficient (Wildman–Crippen LogP) is 3.56. The zero-order valence-electron chi connectivity index (χ0n) is 16.8. The average molecular weight is 403 g/mol. The van der Waals surface area contributed by atoms with E-state index < -0.39 is 0 Å². The summed E-state index contributed by atoms with van der Waals surface area (Å²) in [7, 11) is 0. The van der Waals surface area contributed by atoms with Crippen LogP contribution in [-0.4, -0.2) is 41.1 Å². The van der Waals surface area contributed by atoms with Gasteiger partial charge in [0.15, 0.2) is 0 Å². The van der Waals surface area contributed by atoms with Crippen molar-refractivity contribution in [2.24, 2.45) is 0 Å². The van der Waals surface area contributed by atoms with Gasteiger partial charge < -0.3 is 20.7 Å². The number of hydrogen-bond acceptors (Lipinski definition) is 7. The van der Waals surface area contributed by atoms with E-state index in [-0.39, 0.29) is 0 Å². The summed E-state index contributed by atoms with van der Waals surface area (Å²) in [5.41, 5.74) is 0.924. The molecule has 2 fully saturated rings. The van der Waals surface area contributed by atoms with Gasteiger partial charge in [0, 0.05) is 30.6 Å². The standard InChI is InChI=1S/C23H26N6O/c1-2-4-19(5-3-1)30-20-8-6-18(7-9-20)26-23-28-21(16-10-12-24-14-16)27-22(29-23)17-11-13-25-15-17/h1-9,16-17,24-25H,10-15H2,(H,26,27,28,29). The Morgan fingerprint density at radius 3 is 1.90 bits per heavy atom. The lowest BCUT2D eigenvalue weighted by molar-refractivity contribution is 0.483. The van der Waals surface area contributed by atoms with Gasteiger partial charge in [-0.1, -0.05) is 18.2 Å². The van der Waals surface area contributed by atoms with E-state index >= 15 is 0 Å². The summed E-state index contributed by atoms with van der Waals surface area (Å²) in [5, 5.41) is 10.2. The molecule has 2 saturated heterocycles. The van der Waals surface area contributed by atoms with Crippen LogP contribution in [0.25, 0.3) is 0 Å². The highest BCUT2D eigenvalue weighted by molar-refractivity contribution is 5.55. The van der Waals surface area contributed by atoms with Crippen molar-refractivity contribution in [3.63, 3.8) is 0 Å². The minimum atomic E-state index is 0.350. The van der Waals surface area contributed by atoms with Crippen LogP contribution in [0, 0.1) is 0 Å². The third-order valence-electron chi connectivity index (χ3n) is 5.61. The molecule has 0 radical (unpaired) electrons. The number of hydrogen-bond donors (Lipinski definition) is 3. The molecule has 2 unspecified atom stereocenters. The van der Waals surface area contributed by atoms with Crippen molar-refractivity contribution in [2.45, 2.75) is 24.7 Å². The maximum absolute atomic E-state index is 5.87. The second kappa shape index (κ2) is 8.77. The van der Waals surface area contributed by atoms with Gasteiger partial charge >= 0.3 is 0 Å². The molecule has 3 N–H and O–H groups in total. The monoisotopic (exact) mass is 402 g/mol. The summed E-state index contributed by atoms with van der Waals surface area (Å²) >= 11 is 0. The number of ether oxygens (including phenoxy) is 1. The molecule has 0 aliphatic carbocycles. The summed E-state index contributed by atoms with van der Waals surface area (Å²) in [6.07, 6.45) is 2.13. The van der Waals surface area contributed by atoms with E-state index in [2.05, 4.69) is 16.0 Å². The summed E-state index contributed by atoms with van der Waals surface area (Å²) in [6.45, 7) is 3.89. The molecule has 3 aromatic rings. The normalized spacial score (nSPS) is 20.9. The molecule has 154 valence electrons. The Hall–Kier alpha value is -3.03. The van der Waals surface area contributed by atoms with Gasteiger partial charge in [0.1, 0.15) is 23.1 Å². The Balaban J connectivity index is 1.35. The Morgan fingerprint density at radius 1 is 0.733 bits per heavy atom. The van der Waals surface area contributed by atoms with E-state index in [0.29, 0.717) is 17.8 Å². The predicted molar refractivity (Wildman–Crippen MR) is 117 cm³/mol. The van der Waals surface area contributed by atoms with E-state index in [1.54, 1.807) is 0 Å². The first-order chi connectivity index (χ1) is 14.8. The zero-order chi connectivity index (χ0) is 20.2. The maximum atomic E-state index is 5.87. The highest BCUT2D eigenvalue weighted by atomic mass is 16.5. The van der Waals surface area contributed by atoms with Crippen LogP contribution in [0.3, 0.4) is 0 Å². The number of rotatable bonds is 6. The van der Waals surface area contributed by atoms with Gasteiger partial charge in [-0.25, -0.2) is 4.98 Å². The molecule has 7 heteroatoms. The number of aromatic nitrogens is 3. The number of nitrogens with zero attached hydrogens (tertiary/aromatic N) is 3. The third-order valence-corrected chi connectivity index (χ3v) is 5.61. The van der Waals surface area contributed by atoms with Crippen molar-refractivity contribution in [1.29, 1.82) is 0 Å². The summed E-state index contributed by atoms with van der Waals surface area (Å²) in [4.78, 5) is 14.3. The number of para-hydroxylation sites is 1. The quantitative estimate of drug-likeness (QED) is 0.581. The van der Waals surface area contributed by atoms with Crippen LogP contribution >= 0.6 is 0 Å². The molecule has 2 atom stereocenters. The highest BCUT2D eigenvalue weighted by Crippen LogP contribution is 2.27. The van der Waals surface area contributed by atoms with Gasteiger partial charge in [-0.2, -0.15) is 9.97 Å². The molecule has 2 aromatic carbocycles. The van der Waals surface area contributed by atoms with Gasteiger partial charge in [-0.3, -0.25) is 0 Å². The molecular formula is C23H26N6O. The molecule has 2 aliphatic rings. The van der Waals surface area contributed by atoms with Crippen molar-refractivity contribution in [3.05, 3.63) is 66.2 Å². The second-order valence-electron chi connectivity index (χ2n) is 7.82. The average Bonchev–Trinajstić information content (AvgIpc) is 3.50. The Kier molecular flexibility index (Phi) is 5.54. The van der Waals surface area contributed by atoms with Crippen molar-refractivity contribution in [1.82, 2.24) is 25.6 Å². The highest BCUT2D eigenvalue weighted by Gasteiger charge is 2.25. The van der Waals surface area contributed by atoms with E-state index in [1.807, 2.05) is 54.6 Å². The summed E-state index contributed by atoms with van der Waals surface area (Å²) in [6, 6.07) is 17.6. The van der Waals surface area contributed by atoms with Crippen molar-refractivity contribution >= 4 is 11.6 Å². The number of nitrogens with one attached hydrogen (secondary N) is 3. The van der Waals surface area contributed by atoms with Gasteiger partial charge in [-0.05, 0) is 62.3 Å². The van der Waals surface area contributed by atoms with Crippen LogP contribution in [-0.2, 0) is 0 Å². The fourth-order valence-electron chi connectivity index (χ4n) is 3.94. The van der Waals surface area contributed by atoms with Gasteiger partial charge in [-0.15, -0.1) is 0 Å². The molecule has 3 heterocycles. The lowest BCUT2D eigenvalue weighted by Gasteiger charge is -2.15. The van der Waals surface area contributed by atoms with Crippen LogP contribution in [0.2, 0.25) is 0 Å². The molecule has 0 saturated carbocycles. The fraction of sp³-hybridized carbons (Fsp3) is 0.348. The van der Waals surface area contributed by atoms with Crippen LogP contribution in [0.4, 0.5) is 11.6 Å². The first kappa shape index (κ1) is 19.0. The third kappa shape index (κ3) is 4.42. The Morgan fingerprint density at radius 2 is 1.33 bits per heavy atom. The number of benzene rings is 2. The van der Waals surface area contributed by atoms with Crippen LogP contribution < -0.4 is 20.7 Å². The first-order valence-corrected chi connectivity index (χ1v) is 10.6. The fourth-order valence-corrected chi connectivity index (χ4v) is 3.94. The van der Waals surface area contributed by atoms with E-state index in [1.165, 1.54) is 0 Å². The lowest BCUT2D eigenvalue weighted by Crippen LogP contribution is -2.16. The molecule has 30 heavy (non-hydrogen) atoms. The van der Waals surface area contributed by atoms with E-state index in [4.69, 9.17) is 19.7 Å². The van der Waals surface area contributed by atoms with Gasteiger partial charge in [0.05, 0.1) is 0 Å². The molecule has 5 rings (SSSR count). The van der Waals surface area contributed by atoms with Crippen molar-refractivity contribution in [2.75, 3.05) is 31.5 Å². The van der Waals surface area contributed by atoms with Crippen molar-refractivity contribution in [3.8, 4) is 11.5 Å². The molecule has 2 aliphatic heterocycles. The molecule has 7 nitrogen and oxygen atoms in total. The van der Waals surface area contributed by atoms with Crippen molar-refractivity contribution < 1.29 is 4.74 Å². The minimum Gasteiger partial charge on any atom is -0.457 e. The van der Waals surface area contributed by atoms with Crippen LogP contribution in [0.1, 0.15) is 36.3 Å². The summed E-state index contributed by atoms with van der Waals surface area (Å²) < 4.78 is 5.87. The van der Waals surface area contributed by atoms with Crippen LogP contribution in [0.15, 0.2) is 54.6 Å². The molecule has 0 amide bonds. The summed E-state index contributed by atoms with van der Waals surface area (Å²) in [5.74, 6) is 4.71. The zero-order valence-corrected chi connectivity index (χ0v) is 16.8. The minimum absolute atomic E-state index is 0.350. The Labute approximate surface area is 176 Å². The van der Waals surface area contributed by atoms with Gasteiger partial charge in [0.2, 0.25) is 5.95 Å². The van der Waals surface area contributed by atoms with Gasteiger partial charge in [0.25, 0.3) is 0 Å². The smallest absolute Gasteiger partial charge is 0.230 e. The second-order valence-corrected chi connectivity index (χ2v) is 7.82. The SMILES string of the molecule is c1ccc(Oc2ccc(Nc3nc(C4CCNC4)nc(C4CCNC4)n3)cc2)cc1. The number of anilines is 2. The Bertz CT molecular complexity index is 932. The molecule has 0 bridgehead atoms. The lowest BCUT2D eigenvalue weighted by atomic mass is 10.1. The maximum Gasteiger partial charge on any atom is 0.230 e. The topological polar surface area (TPSA) is 84.0 Å². The molecule has 0 spiro atoms. The molecular weight excluding hydrogens is 376 g/mol. The van der Waals surface area contributed by atoms with E-state index in [0.717, 1.165) is 67.9 Å². The first-order valence-electron chi connectivity index (χ1n) is 10.6. The van der Waals surface area contributed by atoms with Crippen LogP contribution in [0.5, 0.6) is 11.5 Å². The largest absolute Gasteiger partial charge is 0.457 e. The molecule has 1 aromatic heterocycles.